The quantitative estimate of drug-likeness (QED) is 0.658. The van der Waals surface area contributed by atoms with Crippen LogP contribution in [0.15, 0.2) is 54.6 Å². The van der Waals surface area contributed by atoms with Crippen molar-refractivity contribution < 1.29 is 9.59 Å². The topological polar surface area (TPSA) is 75.4 Å². The van der Waals surface area contributed by atoms with Crippen LogP contribution < -0.4 is 11.1 Å². The molecule has 0 bridgehead atoms. The second-order valence-electron chi connectivity index (χ2n) is 6.57. The number of benzene rings is 2. The summed E-state index contributed by atoms with van der Waals surface area (Å²) in [7, 11) is 0. The van der Waals surface area contributed by atoms with Crippen LogP contribution >= 0.6 is 22.9 Å². The smallest absolute Gasteiger partial charge is 0.265 e. The summed E-state index contributed by atoms with van der Waals surface area (Å²) in [6, 6.07) is 16.7. The summed E-state index contributed by atoms with van der Waals surface area (Å²) in [5.74, 6) is -0.268. The molecule has 3 N–H and O–H groups in total. The number of halogens is 1. The van der Waals surface area contributed by atoms with Crippen molar-refractivity contribution in [3.8, 4) is 0 Å². The van der Waals surface area contributed by atoms with E-state index in [4.69, 9.17) is 17.3 Å². The average Bonchev–Trinajstić information content (AvgIpc) is 3.27. The summed E-state index contributed by atoms with van der Waals surface area (Å²) in [5.41, 5.74) is 9.88. The van der Waals surface area contributed by atoms with Crippen molar-refractivity contribution >= 4 is 40.4 Å². The third kappa shape index (κ3) is 3.67. The van der Waals surface area contributed by atoms with Gasteiger partial charge >= 0.3 is 0 Å². The maximum atomic E-state index is 12.8. The monoisotopic (exact) mass is 411 g/mol. The Balaban J connectivity index is 1.55. The fourth-order valence-electron chi connectivity index (χ4n) is 3.33. The SMILES string of the molecule is NCc1cccc(CN2Cc3c(NC(=O)c4ccc(Cl)s4)cccc3C2=O)c1. The average molecular weight is 412 g/mol. The number of nitrogens with zero attached hydrogens (tertiary/aromatic N) is 1. The Bertz CT molecular complexity index is 1060. The van der Waals surface area contributed by atoms with Crippen LogP contribution in [0.25, 0.3) is 0 Å². The highest BCUT2D eigenvalue weighted by Gasteiger charge is 2.29. The summed E-state index contributed by atoms with van der Waals surface area (Å²) in [6.07, 6.45) is 0. The third-order valence-corrected chi connectivity index (χ3v) is 5.92. The maximum Gasteiger partial charge on any atom is 0.265 e. The molecule has 0 unspecified atom stereocenters. The van der Waals surface area contributed by atoms with Crippen LogP contribution in [-0.2, 0) is 19.6 Å². The van der Waals surface area contributed by atoms with Gasteiger partial charge in [-0.3, -0.25) is 9.59 Å². The van der Waals surface area contributed by atoms with Gasteiger partial charge in [0.2, 0.25) is 0 Å². The Morgan fingerprint density at radius 1 is 1.14 bits per heavy atom. The van der Waals surface area contributed by atoms with Gasteiger partial charge in [-0.15, -0.1) is 11.3 Å². The van der Waals surface area contributed by atoms with E-state index in [2.05, 4.69) is 5.32 Å². The van der Waals surface area contributed by atoms with Crippen LogP contribution in [0.2, 0.25) is 4.34 Å². The summed E-state index contributed by atoms with van der Waals surface area (Å²) < 4.78 is 0.560. The van der Waals surface area contributed by atoms with E-state index in [1.54, 1.807) is 29.2 Å². The first kappa shape index (κ1) is 18.7. The van der Waals surface area contributed by atoms with Crippen molar-refractivity contribution in [1.82, 2.24) is 4.90 Å². The molecule has 2 amide bonds. The molecule has 7 heteroatoms. The molecular weight excluding hydrogens is 394 g/mol. The minimum atomic E-state index is -0.230. The molecule has 0 fully saturated rings. The molecule has 0 saturated carbocycles. The lowest BCUT2D eigenvalue weighted by molar-refractivity contribution is 0.0766. The molecule has 0 saturated heterocycles. The van der Waals surface area contributed by atoms with Crippen molar-refractivity contribution in [3.63, 3.8) is 0 Å². The van der Waals surface area contributed by atoms with Crippen LogP contribution in [0.5, 0.6) is 0 Å². The molecule has 3 aromatic rings. The van der Waals surface area contributed by atoms with Gasteiger partial charge < -0.3 is 16.0 Å². The number of anilines is 1. The second kappa shape index (κ2) is 7.75. The minimum Gasteiger partial charge on any atom is -0.330 e. The van der Waals surface area contributed by atoms with Crippen molar-refractivity contribution in [2.45, 2.75) is 19.6 Å². The molecule has 28 heavy (non-hydrogen) atoms. The highest BCUT2D eigenvalue weighted by Crippen LogP contribution is 2.31. The molecule has 2 heterocycles. The van der Waals surface area contributed by atoms with E-state index in [9.17, 15) is 9.59 Å². The molecule has 4 rings (SSSR count). The highest BCUT2D eigenvalue weighted by atomic mass is 35.5. The molecule has 0 aliphatic carbocycles. The molecule has 2 aromatic carbocycles. The number of rotatable bonds is 5. The standard InChI is InChI=1S/C21H18ClN3O2S/c22-19-8-7-18(28-19)20(26)24-17-6-2-5-15-16(17)12-25(21(15)27)11-14-4-1-3-13(9-14)10-23/h1-9H,10-12,23H2,(H,24,26). The molecule has 0 spiro atoms. The number of fused-ring (bicyclic) bond motifs is 1. The molecule has 5 nitrogen and oxygen atoms in total. The predicted molar refractivity (Wildman–Crippen MR) is 112 cm³/mol. The lowest BCUT2D eigenvalue weighted by Gasteiger charge is -2.16. The van der Waals surface area contributed by atoms with Crippen LogP contribution in [0.1, 0.15) is 36.7 Å². The van der Waals surface area contributed by atoms with E-state index >= 15 is 0 Å². The molecule has 0 atom stereocenters. The lowest BCUT2D eigenvalue weighted by Crippen LogP contribution is -2.23. The summed E-state index contributed by atoms with van der Waals surface area (Å²) in [4.78, 5) is 27.6. The number of carbonyl (C=O) groups is 2. The van der Waals surface area contributed by atoms with Crippen molar-refractivity contribution in [2.24, 2.45) is 5.73 Å². The molecule has 1 aromatic heterocycles. The zero-order valence-corrected chi connectivity index (χ0v) is 16.5. The number of hydrogen-bond acceptors (Lipinski definition) is 4. The van der Waals surface area contributed by atoms with E-state index in [-0.39, 0.29) is 11.8 Å². The van der Waals surface area contributed by atoms with Gasteiger partial charge in [0.05, 0.1) is 9.21 Å². The Morgan fingerprint density at radius 2 is 1.93 bits per heavy atom. The van der Waals surface area contributed by atoms with Crippen molar-refractivity contribution in [1.29, 1.82) is 0 Å². The Kier molecular flexibility index (Phi) is 5.17. The third-order valence-electron chi connectivity index (χ3n) is 4.69. The molecule has 1 aliphatic heterocycles. The predicted octanol–water partition coefficient (Wildman–Crippen LogP) is 4.27. The summed E-state index contributed by atoms with van der Waals surface area (Å²) in [5, 5.41) is 2.91. The molecule has 142 valence electrons. The normalized spacial score (nSPS) is 12.9. The zero-order chi connectivity index (χ0) is 19.7. The van der Waals surface area contributed by atoms with Crippen LogP contribution in [-0.4, -0.2) is 16.7 Å². The number of thiophene rings is 1. The molecular formula is C21H18ClN3O2S. The van der Waals surface area contributed by atoms with Crippen molar-refractivity contribution in [2.75, 3.05) is 5.32 Å². The van der Waals surface area contributed by atoms with E-state index in [0.29, 0.717) is 40.1 Å². The van der Waals surface area contributed by atoms with Gasteiger partial charge in [0.15, 0.2) is 0 Å². The van der Waals surface area contributed by atoms with Crippen molar-refractivity contribution in [3.05, 3.63) is 86.1 Å². The lowest BCUT2D eigenvalue weighted by atomic mass is 10.1. The first-order valence-corrected chi connectivity index (χ1v) is 10.0. The van der Waals surface area contributed by atoms with Gasteiger partial charge in [0.25, 0.3) is 11.8 Å². The van der Waals surface area contributed by atoms with Gasteiger partial charge in [-0.05, 0) is 35.4 Å². The zero-order valence-electron chi connectivity index (χ0n) is 14.9. The van der Waals surface area contributed by atoms with Gasteiger partial charge in [-0.1, -0.05) is 41.9 Å². The van der Waals surface area contributed by atoms with Gasteiger partial charge in [0.1, 0.15) is 0 Å². The minimum absolute atomic E-state index is 0.0385. The van der Waals surface area contributed by atoms with Gasteiger partial charge in [-0.2, -0.15) is 0 Å². The van der Waals surface area contributed by atoms with E-state index in [0.717, 1.165) is 16.7 Å². The van der Waals surface area contributed by atoms with Gasteiger partial charge in [0, 0.05) is 36.4 Å². The van der Waals surface area contributed by atoms with Crippen LogP contribution in [0, 0.1) is 0 Å². The first-order chi connectivity index (χ1) is 13.5. The number of carbonyl (C=O) groups excluding carboxylic acids is 2. The first-order valence-electron chi connectivity index (χ1n) is 8.81. The van der Waals surface area contributed by atoms with E-state index in [1.165, 1.54) is 11.3 Å². The maximum absolute atomic E-state index is 12.8. The number of nitrogens with two attached hydrogens (primary N) is 1. The number of hydrogen-bond donors (Lipinski definition) is 2. The Hall–Kier alpha value is -2.67. The highest BCUT2D eigenvalue weighted by molar-refractivity contribution is 7.18. The van der Waals surface area contributed by atoms with Crippen LogP contribution in [0.3, 0.4) is 0 Å². The van der Waals surface area contributed by atoms with Crippen LogP contribution in [0.4, 0.5) is 5.69 Å². The molecule has 0 radical (unpaired) electrons. The Morgan fingerprint density at radius 3 is 2.68 bits per heavy atom. The second-order valence-corrected chi connectivity index (χ2v) is 8.29. The number of nitrogens with one attached hydrogen (secondary N) is 1. The fourth-order valence-corrected chi connectivity index (χ4v) is 4.27. The fraction of sp³-hybridized carbons (Fsp3) is 0.143. The van der Waals surface area contributed by atoms with E-state index < -0.39 is 0 Å². The summed E-state index contributed by atoms with van der Waals surface area (Å²) in [6.45, 7) is 1.41. The largest absolute Gasteiger partial charge is 0.330 e. The molecule has 1 aliphatic rings. The van der Waals surface area contributed by atoms with E-state index in [1.807, 2.05) is 30.3 Å². The Labute approximate surface area is 171 Å². The summed E-state index contributed by atoms with van der Waals surface area (Å²) >= 11 is 7.14. The van der Waals surface area contributed by atoms with Gasteiger partial charge in [-0.25, -0.2) is 0 Å². The number of amides is 2.